The van der Waals surface area contributed by atoms with Crippen molar-refractivity contribution in [3.8, 4) is 0 Å². The number of aliphatic hydroxyl groups excluding tert-OH is 1. The van der Waals surface area contributed by atoms with Gasteiger partial charge in [-0.3, -0.25) is 4.79 Å². The van der Waals surface area contributed by atoms with Crippen LogP contribution in [0.4, 0.5) is 0 Å². The van der Waals surface area contributed by atoms with Gasteiger partial charge in [0.1, 0.15) is 0 Å². The molecule has 112 valence electrons. The first-order chi connectivity index (χ1) is 10.0. The Balaban J connectivity index is 2.02. The molecule has 0 aliphatic carbocycles. The molecule has 21 heavy (non-hydrogen) atoms. The number of hydrogen-bond acceptors (Lipinski definition) is 2. The Kier molecular flexibility index (Phi) is 4.97. The zero-order chi connectivity index (χ0) is 15.3. The Hall–Kier alpha value is -1.87. The minimum Gasteiger partial charge on any atom is -0.396 e. The first-order valence-corrected chi connectivity index (χ1v) is 7.40. The Labute approximate surface area is 126 Å². The summed E-state index contributed by atoms with van der Waals surface area (Å²) in [6.45, 7) is 5.01. The number of fused-ring (bicyclic) bond motifs is 1. The van der Waals surface area contributed by atoms with E-state index in [2.05, 4.69) is 19.2 Å². The van der Waals surface area contributed by atoms with Crippen LogP contribution >= 0.6 is 0 Å². The van der Waals surface area contributed by atoms with Crippen LogP contribution in [0.5, 0.6) is 0 Å². The smallest absolute Gasteiger partial charge is 0.251 e. The number of aliphatic hydroxyl groups is 1. The van der Waals surface area contributed by atoms with E-state index in [9.17, 15) is 4.79 Å². The number of rotatable bonds is 6. The lowest BCUT2D eigenvalue weighted by molar-refractivity contribution is 0.0933. The average Bonchev–Trinajstić information content (AvgIpc) is 2.50. The number of hydrogen-bond donors (Lipinski definition) is 2. The van der Waals surface area contributed by atoms with Crippen molar-refractivity contribution in [1.29, 1.82) is 0 Å². The first kappa shape index (κ1) is 15.5. The van der Waals surface area contributed by atoms with Gasteiger partial charge >= 0.3 is 0 Å². The van der Waals surface area contributed by atoms with Crippen LogP contribution in [0.25, 0.3) is 10.8 Å². The van der Waals surface area contributed by atoms with Gasteiger partial charge in [-0.15, -0.1) is 0 Å². The fraction of sp³-hybridized carbons (Fsp3) is 0.389. The number of benzene rings is 2. The van der Waals surface area contributed by atoms with Crippen molar-refractivity contribution >= 4 is 16.7 Å². The molecule has 2 aromatic carbocycles. The van der Waals surface area contributed by atoms with E-state index in [1.807, 2.05) is 42.5 Å². The molecule has 0 aliphatic rings. The highest BCUT2D eigenvalue weighted by atomic mass is 16.2. The third-order valence-electron chi connectivity index (χ3n) is 3.75. The van der Waals surface area contributed by atoms with E-state index >= 15 is 0 Å². The van der Waals surface area contributed by atoms with E-state index in [0.717, 1.165) is 23.6 Å². The highest BCUT2D eigenvalue weighted by Gasteiger charge is 2.18. The monoisotopic (exact) mass is 285 g/mol. The van der Waals surface area contributed by atoms with Gasteiger partial charge in [0.2, 0.25) is 0 Å². The normalized spacial score (nSPS) is 11.6. The van der Waals surface area contributed by atoms with E-state index in [0.29, 0.717) is 12.1 Å². The van der Waals surface area contributed by atoms with Crippen LogP contribution in [0.3, 0.4) is 0 Å². The number of carbonyl (C=O) groups is 1. The van der Waals surface area contributed by atoms with E-state index < -0.39 is 0 Å². The molecule has 3 nitrogen and oxygen atoms in total. The number of carbonyl (C=O) groups excluding carboxylic acids is 1. The maximum absolute atomic E-state index is 12.2. The van der Waals surface area contributed by atoms with Crippen LogP contribution in [0.2, 0.25) is 0 Å². The molecule has 0 atom stereocenters. The molecule has 0 radical (unpaired) electrons. The molecular weight excluding hydrogens is 262 g/mol. The largest absolute Gasteiger partial charge is 0.396 e. The standard InChI is InChI=1S/C18H23NO2/c1-18(2,10-5-11-20)13-19-17(21)16-9-8-14-6-3-4-7-15(14)12-16/h3-4,6-9,12,20H,5,10-11,13H2,1-2H3,(H,19,21). The molecule has 0 saturated heterocycles. The molecule has 0 unspecified atom stereocenters. The molecule has 2 aromatic rings. The highest BCUT2D eigenvalue weighted by molar-refractivity contribution is 5.98. The van der Waals surface area contributed by atoms with Crippen LogP contribution < -0.4 is 5.32 Å². The van der Waals surface area contributed by atoms with Gasteiger partial charge in [0.05, 0.1) is 0 Å². The predicted molar refractivity (Wildman–Crippen MR) is 86.4 cm³/mol. The Morgan fingerprint density at radius 1 is 1.14 bits per heavy atom. The van der Waals surface area contributed by atoms with Crippen LogP contribution in [0.1, 0.15) is 37.0 Å². The van der Waals surface area contributed by atoms with E-state index in [1.54, 1.807) is 0 Å². The summed E-state index contributed by atoms with van der Waals surface area (Å²) in [4.78, 5) is 12.2. The van der Waals surface area contributed by atoms with Crippen LogP contribution in [0, 0.1) is 5.41 Å². The van der Waals surface area contributed by atoms with Crippen molar-refractivity contribution in [3.05, 3.63) is 48.0 Å². The highest BCUT2D eigenvalue weighted by Crippen LogP contribution is 2.21. The van der Waals surface area contributed by atoms with Gasteiger partial charge in [-0.1, -0.05) is 44.2 Å². The topological polar surface area (TPSA) is 49.3 Å². The molecule has 0 bridgehead atoms. The van der Waals surface area contributed by atoms with E-state index in [1.165, 1.54) is 0 Å². The van der Waals surface area contributed by atoms with Gasteiger partial charge in [0.15, 0.2) is 0 Å². The summed E-state index contributed by atoms with van der Waals surface area (Å²) in [7, 11) is 0. The number of amides is 1. The zero-order valence-electron chi connectivity index (χ0n) is 12.7. The number of nitrogens with one attached hydrogen (secondary N) is 1. The van der Waals surface area contributed by atoms with Crippen molar-refractivity contribution in [3.63, 3.8) is 0 Å². The summed E-state index contributed by atoms with van der Waals surface area (Å²) in [6, 6.07) is 13.8. The molecule has 0 fully saturated rings. The fourth-order valence-electron chi connectivity index (χ4n) is 2.40. The molecule has 2 N–H and O–H groups in total. The van der Waals surface area contributed by atoms with Gasteiger partial charge in [0, 0.05) is 18.7 Å². The van der Waals surface area contributed by atoms with Gasteiger partial charge in [-0.25, -0.2) is 0 Å². The molecule has 1 amide bonds. The molecule has 0 aliphatic heterocycles. The average molecular weight is 285 g/mol. The lowest BCUT2D eigenvalue weighted by Crippen LogP contribution is -2.34. The summed E-state index contributed by atoms with van der Waals surface area (Å²) in [5.41, 5.74) is 0.682. The van der Waals surface area contributed by atoms with E-state index in [4.69, 9.17) is 5.11 Å². The Morgan fingerprint density at radius 2 is 1.86 bits per heavy atom. The second kappa shape index (κ2) is 6.72. The van der Waals surface area contributed by atoms with Crippen LogP contribution in [-0.4, -0.2) is 24.2 Å². The lowest BCUT2D eigenvalue weighted by atomic mass is 9.88. The minimum absolute atomic E-state index is 0.00472. The van der Waals surface area contributed by atoms with Gasteiger partial charge in [-0.2, -0.15) is 0 Å². The summed E-state index contributed by atoms with van der Waals surface area (Å²) >= 11 is 0. The molecule has 0 saturated carbocycles. The van der Waals surface area contributed by atoms with Crippen LogP contribution in [-0.2, 0) is 0 Å². The van der Waals surface area contributed by atoms with Crippen molar-refractivity contribution in [2.24, 2.45) is 5.41 Å². The lowest BCUT2D eigenvalue weighted by Gasteiger charge is -2.24. The molecule has 0 heterocycles. The fourth-order valence-corrected chi connectivity index (χ4v) is 2.40. The minimum atomic E-state index is -0.0437. The molecule has 0 spiro atoms. The SMILES string of the molecule is CC(C)(CCCO)CNC(=O)c1ccc2ccccc2c1. The summed E-state index contributed by atoms with van der Waals surface area (Å²) in [5, 5.41) is 14.1. The first-order valence-electron chi connectivity index (χ1n) is 7.40. The Morgan fingerprint density at radius 3 is 2.57 bits per heavy atom. The maximum Gasteiger partial charge on any atom is 0.251 e. The second-order valence-corrected chi connectivity index (χ2v) is 6.24. The van der Waals surface area contributed by atoms with Crippen LogP contribution in [0.15, 0.2) is 42.5 Å². The van der Waals surface area contributed by atoms with Crippen molar-refractivity contribution in [2.75, 3.05) is 13.2 Å². The molecule has 3 heteroatoms. The molecule has 0 aromatic heterocycles. The third kappa shape index (κ3) is 4.30. The summed E-state index contributed by atoms with van der Waals surface area (Å²) in [6.07, 6.45) is 1.65. The third-order valence-corrected chi connectivity index (χ3v) is 3.75. The second-order valence-electron chi connectivity index (χ2n) is 6.24. The van der Waals surface area contributed by atoms with Crippen molar-refractivity contribution in [1.82, 2.24) is 5.32 Å². The zero-order valence-corrected chi connectivity index (χ0v) is 12.7. The predicted octanol–water partition coefficient (Wildman–Crippen LogP) is 3.37. The van der Waals surface area contributed by atoms with Crippen molar-refractivity contribution in [2.45, 2.75) is 26.7 Å². The molecule has 2 rings (SSSR count). The van der Waals surface area contributed by atoms with Crippen molar-refractivity contribution < 1.29 is 9.90 Å². The Bertz CT molecular complexity index is 619. The van der Waals surface area contributed by atoms with Gasteiger partial charge < -0.3 is 10.4 Å². The van der Waals surface area contributed by atoms with Gasteiger partial charge in [0.25, 0.3) is 5.91 Å². The summed E-state index contributed by atoms with van der Waals surface area (Å²) < 4.78 is 0. The molecular formula is C18H23NO2. The van der Waals surface area contributed by atoms with E-state index in [-0.39, 0.29) is 17.9 Å². The summed E-state index contributed by atoms with van der Waals surface area (Å²) in [5.74, 6) is -0.0437. The quantitative estimate of drug-likeness (QED) is 0.855. The van der Waals surface area contributed by atoms with Gasteiger partial charge in [-0.05, 0) is 41.2 Å². The maximum atomic E-state index is 12.2.